The van der Waals surface area contributed by atoms with Crippen molar-refractivity contribution in [1.82, 2.24) is 4.98 Å². The van der Waals surface area contributed by atoms with Crippen LogP contribution in [0.3, 0.4) is 0 Å². The van der Waals surface area contributed by atoms with Gasteiger partial charge in [-0.15, -0.1) is 0 Å². The molecule has 2 aromatic rings. The van der Waals surface area contributed by atoms with Gasteiger partial charge in [0.05, 0.1) is 0 Å². The van der Waals surface area contributed by atoms with Gasteiger partial charge in [0.25, 0.3) is 0 Å². The van der Waals surface area contributed by atoms with Crippen molar-refractivity contribution in [3.63, 3.8) is 0 Å². The lowest BCUT2D eigenvalue weighted by molar-refractivity contribution is 0.883. The van der Waals surface area contributed by atoms with Crippen LogP contribution in [0.25, 0.3) is 0 Å². The molecule has 1 heterocycles. The topological polar surface area (TPSA) is 24.9 Å². The van der Waals surface area contributed by atoms with E-state index in [4.69, 9.17) is 11.6 Å². The van der Waals surface area contributed by atoms with Crippen molar-refractivity contribution >= 4 is 17.3 Å². The molecule has 1 aromatic heterocycles. The number of aryl methyl sites for hydroxylation is 1. The summed E-state index contributed by atoms with van der Waals surface area (Å²) in [6, 6.07) is 12.1. The lowest BCUT2D eigenvalue weighted by Crippen LogP contribution is -2.06. The fourth-order valence-electron chi connectivity index (χ4n) is 1.74. The molecule has 0 fully saturated rings. The molecular weight excluding hydrogens is 232 g/mol. The number of nitrogens with zero attached hydrogens (tertiary/aromatic N) is 1. The molecule has 2 nitrogen and oxygen atoms in total. The van der Waals surface area contributed by atoms with Crippen LogP contribution >= 0.6 is 11.6 Å². The van der Waals surface area contributed by atoms with Crippen LogP contribution in [-0.4, -0.2) is 4.98 Å². The fourth-order valence-corrected chi connectivity index (χ4v) is 1.94. The van der Waals surface area contributed by atoms with E-state index in [1.54, 1.807) is 0 Å². The number of hydrogen-bond donors (Lipinski definition) is 1. The minimum Gasteiger partial charge on any atom is -0.378 e. The van der Waals surface area contributed by atoms with Crippen molar-refractivity contribution in [1.29, 1.82) is 0 Å². The van der Waals surface area contributed by atoms with Gasteiger partial charge >= 0.3 is 0 Å². The predicted molar refractivity (Wildman–Crippen MR) is 72.5 cm³/mol. The van der Waals surface area contributed by atoms with E-state index >= 15 is 0 Å². The summed E-state index contributed by atoms with van der Waals surface area (Å²) in [4.78, 5) is 4.17. The van der Waals surface area contributed by atoms with E-state index in [1.807, 2.05) is 43.5 Å². The normalized spacial score (nSPS) is 12.2. The molecule has 0 radical (unpaired) electrons. The third-order valence-corrected chi connectivity index (χ3v) is 2.86. The molecular formula is C14H15ClN2. The Morgan fingerprint density at radius 1 is 1.24 bits per heavy atom. The van der Waals surface area contributed by atoms with E-state index in [2.05, 4.69) is 23.3 Å². The Balaban J connectivity index is 2.14. The van der Waals surface area contributed by atoms with Crippen molar-refractivity contribution in [3.8, 4) is 0 Å². The van der Waals surface area contributed by atoms with E-state index in [9.17, 15) is 0 Å². The van der Waals surface area contributed by atoms with E-state index in [-0.39, 0.29) is 6.04 Å². The van der Waals surface area contributed by atoms with Crippen LogP contribution in [-0.2, 0) is 0 Å². The first-order chi connectivity index (χ1) is 8.15. The molecule has 0 aliphatic heterocycles. The number of halogens is 1. The molecule has 0 aliphatic carbocycles. The summed E-state index contributed by atoms with van der Waals surface area (Å²) >= 11 is 5.98. The molecule has 1 atom stereocenters. The highest BCUT2D eigenvalue weighted by Crippen LogP contribution is 2.21. The minimum atomic E-state index is 0.218. The Morgan fingerprint density at radius 3 is 2.76 bits per heavy atom. The van der Waals surface area contributed by atoms with E-state index < -0.39 is 0 Å². The highest BCUT2D eigenvalue weighted by Gasteiger charge is 2.05. The molecule has 0 bridgehead atoms. The number of hydrogen-bond acceptors (Lipinski definition) is 2. The molecule has 17 heavy (non-hydrogen) atoms. The van der Waals surface area contributed by atoms with Crippen molar-refractivity contribution < 1.29 is 0 Å². The third-order valence-electron chi connectivity index (χ3n) is 2.63. The van der Waals surface area contributed by atoms with Gasteiger partial charge in [-0.2, -0.15) is 0 Å². The van der Waals surface area contributed by atoms with Crippen LogP contribution in [0.5, 0.6) is 0 Å². The summed E-state index contributed by atoms with van der Waals surface area (Å²) < 4.78 is 0. The average Bonchev–Trinajstić information content (AvgIpc) is 2.29. The van der Waals surface area contributed by atoms with Crippen LogP contribution < -0.4 is 5.32 Å². The maximum atomic E-state index is 5.98. The highest BCUT2D eigenvalue weighted by molar-refractivity contribution is 6.30. The summed E-state index contributed by atoms with van der Waals surface area (Å²) in [6.45, 7) is 4.09. The first kappa shape index (κ1) is 11.9. The molecule has 1 unspecified atom stereocenters. The SMILES string of the molecule is Cc1cc(NC(C)c2cccc(Cl)c2)ccn1. The summed E-state index contributed by atoms with van der Waals surface area (Å²) in [5.41, 5.74) is 3.25. The zero-order valence-electron chi connectivity index (χ0n) is 9.94. The maximum absolute atomic E-state index is 5.98. The Bertz CT molecular complexity index is 511. The van der Waals surface area contributed by atoms with Crippen LogP contribution in [0.2, 0.25) is 5.02 Å². The Kier molecular flexibility index (Phi) is 3.64. The van der Waals surface area contributed by atoms with Gasteiger partial charge in [-0.05, 0) is 43.7 Å². The largest absolute Gasteiger partial charge is 0.378 e. The number of aromatic nitrogens is 1. The first-order valence-corrected chi connectivity index (χ1v) is 5.97. The molecule has 3 heteroatoms. The van der Waals surface area contributed by atoms with Crippen molar-refractivity contribution in [2.75, 3.05) is 5.32 Å². The van der Waals surface area contributed by atoms with Gasteiger partial charge in [-0.25, -0.2) is 0 Å². The summed E-state index contributed by atoms with van der Waals surface area (Å²) in [7, 11) is 0. The molecule has 0 aliphatic rings. The Labute approximate surface area is 107 Å². The highest BCUT2D eigenvalue weighted by atomic mass is 35.5. The zero-order chi connectivity index (χ0) is 12.3. The molecule has 1 aromatic carbocycles. The van der Waals surface area contributed by atoms with E-state index in [1.165, 1.54) is 5.56 Å². The van der Waals surface area contributed by atoms with Gasteiger partial charge < -0.3 is 5.32 Å². The van der Waals surface area contributed by atoms with Crippen LogP contribution in [0.4, 0.5) is 5.69 Å². The second-order valence-electron chi connectivity index (χ2n) is 4.11. The zero-order valence-corrected chi connectivity index (χ0v) is 10.7. The summed E-state index contributed by atoms with van der Waals surface area (Å²) in [5.74, 6) is 0. The summed E-state index contributed by atoms with van der Waals surface area (Å²) in [6.07, 6.45) is 1.81. The molecule has 88 valence electrons. The average molecular weight is 247 g/mol. The molecule has 0 saturated heterocycles. The van der Waals surface area contributed by atoms with Gasteiger partial charge in [0, 0.05) is 28.6 Å². The van der Waals surface area contributed by atoms with Gasteiger partial charge in [-0.1, -0.05) is 23.7 Å². The number of rotatable bonds is 3. The molecule has 1 N–H and O–H groups in total. The first-order valence-electron chi connectivity index (χ1n) is 5.60. The maximum Gasteiger partial charge on any atom is 0.0486 e. The molecule has 0 amide bonds. The van der Waals surface area contributed by atoms with Gasteiger partial charge in [-0.3, -0.25) is 4.98 Å². The monoisotopic (exact) mass is 246 g/mol. The standard InChI is InChI=1S/C14H15ClN2/c1-10-8-14(6-7-16-10)17-11(2)12-4-3-5-13(15)9-12/h3-9,11H,1-2H3,(H,16,17). The van der Waals surface area contributed by atoms with Crippen molar-refractivity contribution in [3.05, 3.63) is 58.9 Å². The van der Waals surface area contributed by atoms with Crippen molar-refractivity contribution in [2.45, 2.75) is 19.9 Å². The lowest BCUT2D eigenvalue weighted by atomic mass is 10.1. The molecule has 2 rings (SSSR count). The van der Waals surface area contributed by atoms with E-state index in [0.29, 0.717) is 0 Å². The molecule has 0 spiro atoms. The van der Waals surface area contributed by atoms with Crippen LogP contribution in [0.15, 0.2) is 42.6 Å². The summed E-state index contributed by atoms with van der Waals surface area (Å²) in [5, 5.41) is 4.19. The quantitative estimate of drug-likeness (QED) is 0.877. The number of anilines is 1. The number of benzene rings is 1. The van der Waals surface area contributed by atoms with E-state index in [0.717, 1.165) is 16.4 Å². The van der Waals surface area contributed by atoms with Crippen LogP contribution in [0.1, 0.15) is 24.2 Å². The van der Waals surface area contributed by atoms with Crippen molar-refractivity contribution in [2.24, 2.45) is 0 Å². The Hall–Kier alpha value is -1.54. The lowest BCUT2D eigenvalue weighted by Gasteiger charge is -2.16. The second kappa shape index (κ2) is 5.19. The smallest absolute Gasteiger partial charge is 0.0486 e. The van der Waals surface area contributed by atoms with Crippen LogP contribution in [0, 0.1) is 6.92 Å². The van der Waals surface area contributed by atoms with Gasteiger partial charge in [0.2, 0.25) is 0 Å². The third kappa shape index (κ3) is 3.21. The number of pyridine rings is 1. The second-order valence-corrected chi connectivity index (χ2v) is 4.54. The Morgan fingerprint density at radius 2 is 2.06 bits per heavy atom. The fraction of sp³-hybridized carbons (Fsp3) is 0.214. The minimum absolute atomic E-state index is 0.218. The molecule has 0 saturated carbocycles. The predicted octanol–water partition coefficient (Wildman–Crippen LogP) is 4.22. The van der Waals surface area contributed by atoms with Gasteiger partial charge in [0.1, 0.15) is 0 Å². The number of nitrogens with one attached hydrogen (secondary N) is 1. The van der Waals surface area contributed by atoms with Gasteiger partial charge in [0.15, 0.2) is 0 Å².